The molecule has 3 aromatic carbocycles. The summed E-state index contributed by atoms with van der Waals surface area (Å²) in [4.78, 5) is 23.2. The lowest BCUT2D eigenvalue weighted by Gasteiger charge is -2.15. The van der Waals surface area contributed by atoms with E-state index in [1.165, 1.54) is 44.9 Å². The van der Waals surface area contributed by atoms with Crippen molar-refractivity contribution in [2.24, 2.45) is 0 Å². The first kappa shape index (κ1) is 34.7. The SMILES string of the molecule is CCCCCC[C@@H](C)Oc1ccc(OC(=O)c2ccc(-c3ccc(OCCCCCCCCCCC(=O)O)cc3)cc2)cc1. The summed E-state index contributed by atoms with van der Waals surface area (Å²) in [6.07, 6.45) is 15.0. The molecule has 0 aromatic heterocycles. The molecule has 238 valence electrons. The van der Waals surface area contributed by atoms with Gasteiger partial charge in [-0.05, 0) is 92.3 Å². The molecule has 0 bridgehead atoms. The zero-order valence-electron chi connectivity index (χ0n) is 26.6. The van der Waals surface area contributed by atoms with E-state index in [0.717, 1.165) is 61.2 Å². The third-order valence-electron chi connectivity index (χ3n) is 7.70. The van der Waals surface area contributed by atoms with E-state index in [9.17, 15) is 9.59 Å². The number of carboxylic acids is 1. The van der Waals surface area contributed by atoms with Gasteiger partial charge in [0.2, 0.25) is 0 Å². The molecule has 0 aliphatic rings. The molecule has 0 fully saturated rings. The van der Waals surface area contributed by atoms with Crippen molar-refractivity contribution in [2.75, 3.05) is 6.61 Å². The molecule has 3 aromatic rings. The van der Waals surface area contributed by atoms with Gasteiger partial charge in [-0.15, -0.1) is 0 Å². The molecule has 6 nitrogen and oxygen atoms in total. The average molecular weight is 603 g/mol. The first-order chi connectivity index (χ1) is 21.4. The molecule has 44 heavy (non-hydrogen) atoms. The van der Waals surface area contributed by atoms with Gasteiger partial charge in [-0.2, -0.15) is 0 Å². The summed E-state index contributed by atoms with van der Waals surface area (Å²) in [7, 11) is 0. The quantitative estimate of drug-likeness (QED) is 0.0700. The second-order valence-corrected chi connectivity index (χ2v) is 11.6. The van der Waals surface area contributed by atoms with Crippen molar-refractivity contribution in [3.05, 3.63) is 78.4 Å². The van der Waals surface area contributed by atoms with Crippen LogP contribution in [-0.4, -0.2) is 29.8 Å². The molecule has 0 heterocycles. The molecule has 1 atom stereocenters. The Hall–Kier alpha value is -3.80. The standard InChI is InChI=1S/C38H50O6/c1-3-4-5-12-15-30(2)43-35-25-27-36(28-26-35)44-38(41)33-19-17-31(18-20-33)32-21-23-34(24-22-32)42-29-14-11-9-7-6-8-10-13-16-37(39)40/h17-28,30H,3-16,29H2,1-2H3,(H,39,40)/t30-/m1/s1. The Kier molecular flexibility index (Phi) is 15.9. The van der Waals surface area contributed by atoms with Crippen LogP contribution in [0.4, 0.5) is 0 Å². The van der Waals surface area contributed by atoms with E-state index in [-0.39, 0.29) is 12.5 Å². The number of carbonyl (C=O) groups excluding carboxylic acids is 1. The Morgan fingerprint density at radius 2 is 1.16 bits per heavy atom. The smallest absolute Gasteiger partial charge is 0.343 e. The summed E-state index contributed by atoms with van der Waals surface area (Å²) in [5.74, 6) is 1.03. The Balaban J connectivity index is 1.34. The van der Waals surface area contributed by atoms with Crippen LogP contribution in [0.3, 0.4) is 0 Å². The molecular formula is C38H50O6. The molecule has 6 heteroatoms. The van der Waals surface area contributed by atoms with Crippen LogP contribution in [0.15, 0.2) is 72.8 Å². The largest absolute Gasteiger partial charge is 0.494 e. The topological polar surface area (TPSA) is 82.1 Å². The van der Waals surface area contributed by atoms with Gasteiger partial charge in [-0.1, -0.05) is 89.0 Å². The molecule has 0 radical (unpaired) electrons. The van der Waals surface area contributed by atoms with E-state index < -0.39 is 11.9 Å². The van der Waals surface area contributed by atoms with Crippen molar-refractivity contribution >= 4 is 11.9 Å². The van der Waals surface area contributed by atoms with Crippen molar-refractivity contribution in [1.29, 1.82) is 0 Å². The average Bonchev–Trinajstić information content (AvgIpc) is 3.03. The van der Waals surface area contributed by atoms with E-state index in [2.05, 4.69) is 13.8 Å². The molecule has 1 N–H and O–H groups in total. The summed E-state index contributed by atoms with van der Waals surface area (Å²) in [5, 5.41) is 8.66. The zero-order chi connectivity index (χ0) is 31.4. The van der Waals surface area contributed by atoms with Crippen LogP contribution in [-0.2, 0) is 4.79 Å². The molecule has 0 unspecified atom stereocenters. The fourth-order valence-corrected chi connectivity index (χ4v) is 5.07. The minimum Gasteiger partial charge on any atom is -0.494 e. The Labute approximate surface area is 263 Å². The van der Waals surface area contributed by atoms with Crippen LogP contribution in [0.2, 0.25) is 0 Å². The van der Waals surface area contributed by atoms with Crippen LogP contribution >= 0.6 is 0 Å². The summed E-state index contributed by atoms with van der Waals surface area (Å²) < 4.78 is 17.5. The number of carbonyl (C=O) groups is 2. The summed E-state index contributed by atoms with van der Waals surface area (Å²) in [6, 6.07) is 22.7. The lowest BCUT2D eigenvalue weighted by Crippen LogP contribution is -2.11. The van der Waals surface area contributed by atoms with Gasteiger partial charge in [0.05, 0.1) is 18.3 Å². The van der Waals surface area contributed by atoms with Gasteiger partial charge < -0.3 is 19.3 Å². The van der Waals surface area contributed by atoms with Crippen LogP contribution in [0.25, 0.3) is 11.1 Å². The predicted octanol–water partition coefficient (Wildman–Crippen LogP) is 10.3. The zero-order valence-corrected chi connectivity index (χ0v) is 26.6. The van der Waals surface area contributed by atoms with Crippen molar-refractivity contribution < 1.29 is 28.9 Å². The van der Waals surface area contributed by atoms with Crippen LogP contribution in [0.5, 0.6) is 17.2 Å². The van der Waals surface area contributed by atoms with Gasteiger partial charge >= 0.3 is 11.9 Å². The van der Waals surface area contributed by atoms with Gasteiger partial charge in [0.15, 0.2) is 0 Å². The third-order valence-corrected chi connectivity index (χ3v) is 7.70. The fourth-order valence-electron chi connectivity index (χ4n) is 5.07. The number of esters is 1. The summed E-state index contributed by atoms with van der Waals surface area (Å²) >= 11 is 0. The Bertz CT molecular complexity index is 1220. The number of ether oxygens (including phenoxy) is 3. The highest BCUT2D eigenvalue weighted by molar-refractivity contribution is 5.91. The highest BCUT2D eigenvalue weighted by Crippen LogP contribution is 2.25. The van der Waals surface area contributed by atoms with Gasteiger partial charge in [0, 0.05) is 6.42 Å². The van der Waals surface area contributed by atoms with Crippen LogP contribution in [0.1, 0.15) is 114 Å². The summed E-state index contributed by atoms with van der Waals surface area (Å²) in [5.41, 5.74) is 2.56. The van der Waals surface area contributed by atoms with Crippen molar-refractivity contribution in [2.45, 2.75) is 110 Å². The molecular weight excluding hydrogens is 552 g/mol. The molecule has 0 saturated carbocycles. The number of unbranched alkanes of at least 4 members (excludes halogenated alkanes) is 10. The maximum absolute atomic E-state index is 12.7. The summed E-state index contributed by atoms with van der Waals surface area (Å²) in [6.45, 7) is 5.00. The number of hydrogen-bond donors (Lipinski definition) is 1. The van der Waals surface area contributed by atoms with Gasteiger partial charge in [0.25, 0.3) is 0 Å². The van der Waals surface area contributed by atoms with Crippen LogP contribution in [0, 0.1) is 0 Å². The maximum Gasteiger partial charge on any atom is 0.343 e. The second kappa shape index (κ2) is 20.2. The molecule has 0 saturated heterocycles. The normalized spacial score (nSPS) is 11.6. The highest BCUT2D eigenvalue weighted by Gasteiger charge is 2.10. The minimum atomic E-state index is -0.699. The van der Waals surface area contributed by atoms with Crippen molar-refractivity contribution in [3.63, 3.8) is 0 Å². The van der Waals surface area contributed by atoms with Crippen molar-refractivity contribution in [3.8, 4) is 28.4 Å². The molecule has 0 spiro atoms. The first-order valence-corrected chi connectivity index (χ1v) is 16.5. The number of hydrogen-bond acceptors (Lipinski definition) is 5. The first-order valence-electron chi connectivity index (χ1n) is 16.5. The van der Waals surface area contributed by atoms with Crippen molar-refractivity contribution in [1.82, 2.24) is 0 Å². The van der Waals surface area contributed by atoms with E-state index in [0.29, 0.717) is 17.9 Å². The monoisotopic (exact) mass is 602 g/mol. The number of benzene rings is 3. The Morgan fingerprint density at radius 3 is 1.77 bits per heavy atom. The predicted molar refractivity (Wildman–Crippen MR) is 177 cm³/mol. The fraction of sp³-hybridized carbons (Fsp3) is 0.474. The maximum atomic E-state index is 12.7. The number of aliphatic carboxylic acids is 1. The van der Waals surface area contributed by atoms with Gasteiger partial charge in [-0.3, -0.25) is 4.79 Å². The van der Waals surface area contributed by atoms with E-state index in [1.54, 1.807) is 24.3 Å². The number of rotatable bonds is 22. The number of carboxylic acid groups (broad SMARTS) is 1. The molecule has 3 rings (SSSR count). The highest BCUT2D eigenvalue weighted by atomic mass is 16.5. The van der Waals surface area contributed by atoms with E-state index in [1.807, 2.05) is 48.5 Å². The van der Waals surface area contributed by atoms with Gasteiger partial charge in [0.1, 0.15) is 17.2 Å². The van der Waals surface area contributed by atoms with Crippen LogP contribution < -0.4 is 14.2 Å². The molecule has 0 aliphatic carbocycles. The lowest BCUT2D eigenvalue weighted by molar-refractivity contribution is -0.137. The Morgan fingerprint density at radius 1 is 0.636 bits per heavy atom. The molecule has 0 aliphatic heterocycles. The molecule has 0 amide bonds. The lowest BCUT2D eigenvalue weighted by atomic mass is 10.0. The second-order valence-electron chi connectivity index (χ2n) is 11.6. The van der Waals surface area contributed by atoms with E-state index in [4.69, 9.17) is 19.3 Å². The third kappa shape index (κ3) is 13.7. The van der Waals surface area contributed by atoms with E-state index >= 15 is 0 Å². The van der Waals surface area contributed by atoms with Gasteiger partial charge in [-0.25, -0.2) is 4.79 Å². The minimum absolute atomic E-state index is 0.157.